The van der Waals surface area contributed by atoms with Gasteiger partial charge in [0.2, 0.25) is 5.91 Å². The van der Waals surface area contributed by atoms with E-state index >= 15 is 0 Å². The van der Waals surface area contributed by atoms with Crippen LogP contribution in [0.5, 0.6) is 11.5 Å². The second kappa shape index (κ2) is 7.94. The van der Waals surface area contributed by atoms with E-state index in [1.807, 2.05) is 12.1 Å². The molecule has 2 aromatic carbocycles. The number of hydrogen-bond acceptors (Lipinski definition) is 5. The normalized spacial score (nSPS) is 18.4. The Balaban J connectivity index is 1.94. The molecule has 1 saturated heterocycles. The molecule has 26 heavy (non-hydrogen) atoms. The SMILES string of the molecule is C[C@H](N)C(=O)N1CCC[C@@H]1P(=O)(Oc1ccccc1)Oc1ccccc1. The van der Waals surface area contributed by atoms with Crippen LogP contribution in [-0.2, 0) is 9.36 Å². The lowest BCUT2D eigenvalue weighted by molar-refractivity contribution is -0.132. The van der Waals surface area contributed by atoms with Gasteiger partial charge in [-0.05, 0) is 44.0 Å². The van der Waals surface area contributed by atoms with Gasteiger partial charge in [-0.1, -0.05) is 36.4 Å². The molecule has 6 nitrogen and oxygen atoms in total. The van der Waals surface area contributed by atoms with Crippen molar-refractivity contribution in [2.45, 2.75) is 31.6 Å². The summed E-state index contributed by atoms with van der Waals surface area (Å²) in [6, 6.07) is 17.1. The number of nitrogens with two attached hydrogens (primary N) is 1. The van der Waals surface area contributed by atoms with Gasteiger partial charge >= 0.3 is 7.60 Å². The second-order valence-electron chi connectivity index (χ2n) is 6.29. The number of likely N-dealkylation sites (tertiary alicyclic amines) is 1. The molecule has 3 rings (SSSR count). The zero-order valence-electron chi connectivity index (χ0n) is 14.7. The molecule has 1 amide bonds. The van der Waals surface area contributed by atoms with Gasteiger partial charge in [0, 0.05) is 6.54 Å². The second-order valence-corrected chi connectivity index (χ2v) is 8.33. The summed E-state index contributed by atoms with van der Waals surface area (Å²) in [5.41, 5.74) is 5.76. The van der Waals surface area contributed by atoms with Crippen LogP contribution in [0.15, 0.2) is 60.7 Å². The molecule has 0 unspecified atom stereocenters. The third kappa shape index (κ3) is 4.09. The molecule has 7 heteroatoms. The number of rotatable bonds is 6. The number of nitrogens with zero attached hydrogens (tertiary/aromatic N) is 1. The van der Waals surface area contributed by atoms with E-state index in [0.717, 1.165) is 6.42 Å². The molecule has 1 fully saturated rings. The maximum atomic E-state index is 13.8. The Labute approximate surface area is 153 Å². The van der Waals surface area contributed by atoms with Crippen molar-refractivity contribution in [1.29, 1.82) is 0 Å². The Morgan fingerprint density at radius 1 is 1.08 bits per heavy atom. The Hall–Kier alpha value is -2.30. The zero-order valence-corrected chi connectivity index (χ0v) is 15.5. The third-order valence-electron chi connectivity index (χ3n) is 4.21. The lowest BCUT2D eigenvalue weighted by Crippen LogP contribution is -2.45. The number of carbonyl (C=O) groups is 1. The highest BCUT2D eigenvalue weighted by Crippen LogP contribution is 2.56. The van der Waals surface area contributed by atoms with E-state index in [0.29, 0.717) is 24.5 Å². The minimum Gasteiger partial charge on any atom is -0.415 e. The van der Waals surface area contributed by atoms with Gasteiger partial charge in [0.25, 0.3) is 0 Å². The molecule has 0 spiro atoms. The van der Waals surface area contributed by atoms with Crippen molar-refractivity contribution in [1.82, 2.24) is 4.90 Å². The molecule has 2 aromatic rings. The van der Waals surface area contributed by atoms with Gasteiger partial charge in [0.1, 0.15) is 11.5 Å². The Morgan fingerprint density at radius 2 is 1.58 bits per heavy atom. The summed E-state index contributed by atoms with van der Waals surface area (Å²) in [7, 11) is -3.71. The summed E-state index contributed by atoms with van der Waals surface area (Å²) < 4.78 is 25.5. The maximum Gasteiger partial charge on any atom is 0.453 e. The predicted octanol–water partition coefficient (Wildman–Crippen LogP) is 3.63. The van der Waals surface area contributed by atoms with E-state index in [-0.39, 0.29) is 5.91 Å². The average Bonchev–Trinajstić information content (AvgIpc) is 3.13. The highest BCUT2D eigenvalue weighted by atomic mass is 31.2. The van der Waals surface area contributed by atoms with E-state index in [2.05, 4.69) is 0 Å². The van der Waals surface area contributed by atoms with E-state index in [1.54, 1.807) is 55.5 Å². The van der Waals surface area contributed by atoms with Crippen molar-refractivity contribution in [2.24, 2.45) is 5.73 Å². The minimum atomic E-state index is -3.71. The van der Waals surface area contributed by atoms with Gasteiger partial charge in [0.05, 0.1) is 6.04 Å². The quantitative estimate of drug-likeness (QED) is 0.781. The highest BCUT2D eigenvalue weighted by molar-refractivity contribution is 7.55. The van der Waals surface area contributed by atoms with Crippen LogP contribution in [-0.4, -0.2) is 29.2 Å². The first-order chi connectivity index (χ1) is 12.5. The first kappa shape index (κ1) is 18.5. The van der Waals surface area contributed by atoms with E-state index in [1.165, 1.54) is 4.90 Å². The number of hydrogen-bond donors (Lipinski definition) is 1. The average molecular weight is 374 g/mol. The van der Waals surface area contributed by atoms with Crippen LogP contribution >= 0.6 is 7.60 Å². The van der Waals surface area contributed by atoms with Crippen molar-refractivity contribution in [3.8, 4) is 11.5 Å². The first-order valence-corrected chi connectivity index (χ1v) is 10.3. The van der Waals surface area contributed by atoms with Crippen molar-refractivity contribution in [2.75, 3.05) is 6.54 Å². The van der Waals surface area contributed by atoms with Gasteiger partial charge in [-0.2, -0.15) is 0 Å². The molecule has 0 saturated carbocycles. The molecule has 0 radical (unpaired) electrons. The fraction of sp³-hybridized carbons (Fsp3) is 0.316. The number of carbonyl (C=O) groups excluding carboxylic acids is 1. The summed E-state index contributed by atoms with van der Waals surface area (Å²) in [4.78, 5) is 14.0. The van der Waals surface area contributed by atoms with Crippen LogP contribution in [0.25, 0.3) is 0 Å². The van der Waals surface area contributed by atoms with Crippen molar-refractivity contribution < 1.29 is 18.4 Å². The van der Waals surface area contributed by atoms with Crippen LogP contribution in [0.3, 0.4) is 0 Å². The molecule has 0 aliphatic carbocycles. The van der Waals surface area contributed by atoms with Crippen molar-refractivity contribution in [3.05, 3.63) is 60.7 Å². The molecular weight excluding hydrogens is 351 g/mol. The number of amides is 1. The van der Waals surface area contributed by atoms with Crippen molar-refractivity contribution in [3.63, 3.8) is 0 Å². The molecule has 2 N–H and O–H groups in total. The first-order valence-electron chi connectivity index (χ1n) is 8.65. The Kier molecular flexibility index (Phi) is 5.64. The van der Waals surface area contributed by atoms with E-state index in [4.69, 9.17) is 14.8 Å². The molecule has 138 valence electrons. The lowest BCUT2D eigenvalue weighted by Gasteiger charge is -2.31. The van der Waals surface area contributed by atoms with Gasteiger partial charge in [-0.3, -0.25) is 4.79 Å². The summed E-state index contributed by atoms with van der Waals surface area (Å²) in [5.74, 6) is -0.0406. The predicted molar refractivity (Wildman–Crippen MR) is 100 cm³/mol. The lowest BCUT2D eigenvalue weighted by atomic mass is 10.3. The number of para-hydroxylation sites is 2. The largest absolute Gasteiger partial charge is 0.453 e. The topological polar surface area (TPSA) is 81.9 Å². The molecule has 0 aromatic heterocycles. The summed E-state index contributed by atoms with van der Waals surface area (Å²) in [5, 5.41) is 0. The highest BCUT2D eigenvalue weighted by Gasteiger charge is 2.48. The van der Waals surface area contributed by atoms with Gasteiger partial charge in [-0.25, -0.2) is 4.57 Å². The zero-order chi connectivity index (χ0) is 18.6. The van der Waals surface area contributed by atoms with E-state index in [9.17, 15) is 9.36 Å². The standard InChI is InChI=1S/C19H23N2O4P/c1-15(20)19(22)21-14-8-13-18(21)26(23,24-16-9-4-2-5-10-16)25-17-11-6-3-7-12-17/h2-7,9-12,15,18H,8,13-14,20H2,1H3/t15-,18-/m0/s1. The third-order valence-corrected chi connectivity index (χ3v) is 6.41. The fourth-order valence-corrected chi connectivity index (χ4v) is 5.17. The smallest absolute Gasteiger partial charge is 0.415 e. The molecule has 0 bridgehead atoms. The van der Waals surface area contributed by atoms with Crippen LogP contribution in [0.2, 0.25) is 0 Å². The molecule has 1 heterocycles. The van der Waals surface area contributed by atoms with Gasteiger partial charge < -0.3 is 19.7 Å². The van der Waals surface area contributed by atoms with Gasteiger partial charge in [0.15, 0.2) is 5.78 Å². The van der Waals surface area contributed by atoms with Crippen LogP contribution in [0.1, 0.15) is 19.8 Å². The molecule has 1 aliphatic heterocycles. The Bertz CT molecular complexity index is 737. The van der Waals surface area contributed by atoms with Crippen LogP contribution < -0.4 is 14.8 Å². The summed E-state index contributed by atoms with van der Waals surface area (Å²) in [6.45, 7) is 2.12. The molecule has 2 atom stereocenters. The molecular formula is C19H23N2O4P. The summed E-state index contributed by atoms with van der Waals surface area (Å²) >= 11 is 0. The van der Waals surface area contributed by atoms with Gasteiger partial charge in [-0.15, -0.1) is 0 Å². The van der Waals surface area contributed by atoms with Crippen LogP contribution in [0.4, 0.5) is 0 Å². The minimum absolute atomic E-state index is 0.249. The summed E-state index contributed by atoms with van der Waals surface area (Å²) in [6.07, 6.45) is 1.26. The number of benzene rings is 2. The monoisotopic (exact) mass is 374 g/mol. The van der Waals surface area contributed by atoms with E-state index < -0.39 is 19.4 Å². The maximum absolute atomic E-state index is 13.8. The van der Waals surface area contributed by atoms with Crippen molar-refractivity contribution >= 4 is 13.5 Å². The Morgan fingerprint density at radius 3 is 2.04 bits per heavy atom. The van der Waals surface area contributed by atoms with Crippen LogP contribution in [0, 0.1) is 0 Å². The fourth-order valence-electron chi connectivity index (χ4n) is 2.99. The molecule has 1 aliphatic rings.